The van der Waals surface area contributed by atoms with E-state index in [4.69, 9.17) is 15.2 Å². The smallest absolute Gasteiger partial charge is 0.407 e. The molecule has 254 valence electrons. The number of para-hydroxylation sites is 1. The number of carbonyl (C=O) groups is 4. The number of benzene rings is 3. The van der Waals surface area contributed by atoms with Crippen molar-refractivity contribution in [3.05, 3.63) is 89.5 Å². The minimum absolute atomic E-state index is 0.0926. The summed E-state index contributed by atoms with van der Waals surface area (Å²) in [6.45, 7) is 5.32. The number of hydrogen-bond acceptors (Lipinski definition) is 7. The van der Waals surface area contributed by atoms with E-state index < -0.39 is 30.0 Å². The Labute approximate surface area is 282 Å². The second kappa shape index (κ2) is 15.9. The van der Waals surface area contributed by atoms with E-state index in [0.717, 1.165) is 53.5 Å². The van der Waals surface area contributed by atoms with Crippen molar-refractivity contribution in [2.45, 2.75) is 89.4 Å². The van der Waals surface area contributed by atoms with Crippen molar-refractivity contribution in [2.75, 3.05) is 11.9 Å². The maximum absolute atomic E-state index is 13.3. The van der Waals surface area contributed by atoms with E-state index in [2.05, 4.69) is 28.1 Å². The van der Waals surface area contributed by atoms with Crippen molar-refractivity contribution in [1.82, 2.24) is 10.6 Å². The first-order valence-electron chi connectivity index (χ1n) is 16.9. The Morgan fingerprint density at radius 3 is 2.04 bits per heavy atom. The quantitative estimate of drug-likeness (QED) is 0.190. The highest BCUT2D eigenvalue weighted by atomic mass is 16.6. The van der Waals surface area contributed by atoms with Gasteiger partial charge in [-0.15, -0.1) is 0 Å². The molecule has 0 unspecified atom stereocenters. The first-order valence-corrected chi connectivity index (χ1v) is 16.9. The number of nitrogens with one attached hydrogen (secondary N) is 3. The molecule has 3 aromatic rings. The Hall–Kier alpha value is -4.70. The minimum Gasteiger partial charge on any atom is -0.462 e. The van der Waals surface area contributed by atoms with Gasteiger partial charge in [0.1, 0.15) is 24.8 Å². The SMILES string of the molecule is CC(C)[C@H](NC(=O)OCC1c2ccccc2-c2ccccc21)C(=O)N[C@@H](C)C(=O)Nc1ccccc1CCC(=O)O[C@H]1CC[C@H](N)CC1. The van der Waals surface area contributed by atoms with Gasteiger partial charge < -0.3 is 31.2 Å². The number of amides is 3. The summed E-state index contributed by atoms with van der Waals surface area (Å²) in [5.41, 5.74) is 11.7. The molecule has 1 saturated carbocycles. The third-order valence-electron chi connectivity index (χ3n) is 9.21. The van der Waals surface area contributed by atoms with Crippen LogP contribution in [-0.2, 0) is 30.3 Å². The molecule has 0 aliphatic heterocycles. The van der Waals surface area contributed by atoms with Crippen LogP contribution in [0.4, 0.5) is 10.5 Å². The second-order valence-corrected chi connectivity index (χ2v) is 13.1. The molecule has 0 aromatic heterocycles. The number of nitrogens with two attached hydrogens (primary N) is 1. The molecule has 0 bridgehead atoms. The van der Waals surface area contributed by atoms with Crippen LogP contribution in [-0.4, -0.2) is 54.7 Å². The number of carbonyl (C=O) groups excluding carboxylic acids is 4. The minimum atomic E-state index is -0.922. The van der Waals surface area contributed by atoms with Gasteiger partial charge in [-0.3, -0.25) is 14.4 Å². The highest BCUT2D eigenvalue weighted by Gasteiger charge is 2.31. The van der Waals surface area contributed by atoms with Crippen LogP contribution in [0.15, 0.2) is 72.8 Å². The van der Waals surface area contributed by atoms with Crippen LogP contribution in [0, 0.1) is 5.92 Å². The largest absolute Gasteiger partial charge is 0.462 e. The van der Waals surface area contributed by atoms with E-state index in [1.54, 1.807) is 19.1 Å². The number of hydrogen-bond donors (Lipinski definition) is 4. The predicted octanol–water partition coefficient (Wildman–Crippen LogP) is 5.44. The van der Waals surface area contributed by atoms with E-state index in [9.17, 15) is 19.2 Å². The van der Waals surface area contributed by atoms with Gasteiger partial charge in [0.15, 0.2) is 0 Å². The van der Waals surface area contributed by atoms with Gasteiger partial charge in [0, 0.05) is 24.1 Å². The summed E-state index contributed by atoms with van der Waals surface area (Å²) in [6, 6.07) is 21.7. The van der Waals surface area contributed by atoms with E-state index in [0.29, 0.717) is 12.1 Å². The monoisotopic (exact) mass is 654 g/mol. The second-order valence-electron chi connectivity index (χ2n) is 13.1. The van der Waals surface area contributed by atoms with Gasteiger partial charge in [0.05, 0.1) is 0 Å². The number of alkyl carbamates (subject to hydrolysis) is 1. The normalized spacial score (nSPS) is 18.2. The van der Waals surface area contributed by atoms with Gasteiger partial charge in [-0.1, -0.05) is 80.6 Å². The molecule has 5 N–H and O–H groups in total. The number of aryl methyl sites for hydroxylation is 1. The number of rotatable bonds is 12. The van der Waals surface area contributed by atoms with Gasteiger partial charge >= 0.3 is 12.1 Å². The first kappa shape index (κ1) is 34.6. The Balaban J connectivity index is 1.11. The molecule has 2 aliphatic carbocycles. The van der Waals surface area contributed by atoms with Crippen LogP contribution in [0.1, 0.15) is 75.5 Å². The topological polar surface area (TPSA) is 149 Å². The summed E-state index contributed by atoms with van der Waals surface area (Å²) < 4.78 is 11.3. The Morgan fingerprint density at radius 2 is 1.40 bits per heavy atom. The summed E-state index contributed by atoms with van der Waals surface area (Å²) in [5, 5.41) is 8.29. The lowest BCUT2D eigenvalue weighted by Gasteiger charge is -2.26. The fourth-order valence-electron chi connectivity index (χ4n) is 6.46. The van der Waals surface area contributed by atoms with Crippen LogP contribution in [0.3, 0.4) is 0 Å². The number of esters is 1. The van der Waals surface area contributed by atoms with Gasteiger partial charge in [-0.25, -0.2) is 4.79 Å². The summed E-state index contributed by atoms with van der Waals surface area (Å²) in [7, 11) is 0. The van der Waals surface area contributed by atoms with Crippen LogP contribution in [0.25, 0.3) is 11.1 Å². The summed E-state index contributed by atoms with van der Waals surface area (Å²) >= 11 is 0. The molecule has 0 saturated heterocycles. The van der Waals surface area contributed by atoms with E-state index in [1.165, 1.54) is 0 Å². The number of fused-ring (bicyclic) bond motifs is 3. The maximum atomic E-state index is 13.3. The Morgan fingerprint density at radius 1 is 0.792 bits per heavy atom. The molecular weight excluding hydrogens is 608 g/mol. The highest BCUT2D eigenvalue weighted by Crippen LogP contribution is 2.44. The molecule has 10 nitrogen and oxygen atoms in total. The average Bonchev–Trinajstić information content (AvgIpc) is 3.40. The fourth-order valence-corrected chi connectivity index (χ4v) is 6.46. The molecule has 3 aromatic carbocycles. The summed E-state index contributed by atoms with van der Waals surface area (Å²) in [4.78, 5) is 51.9. The van der Waals surface area contributed by atoms with Crippen molar-refractivity contribution in [1.29, 1.82) is 0 Å². The summed E-state index contributed by atoms with van der Waals surface area (Å²) in [6.07, 6.45) is 3.04. The lowest BCUT2D eigenvalue weighted by Crippen LogP contribution is -2.53. The third kappa shape index (κ3) is 8.60. The molecule has 0 heterocycles. The molecular formula is C38H46N4O6. The molecule has 0 radical (unpaired) electrons. The van der Waals surface area contributed by atoms with E-state index in [-0.39, 0.29) is 43.0 Å². The van der Waals surface area contributed by atoms with Crippen molar-refractivity contribution in [3.8, 4) is 11.1 Å². The number of ether oxygens (including phenoxy) is 2. The van der Waals surface area contributed by atoms with Gasteiger partial charge in [-0.2, -0.15) is 0 Å². The lowest BCUT2D eigenvalue weighted by molar-refractivity contribution is -0.150. The van der Waals surface area contributed by atoms with Crippen LogP contribution in [0.5, 0.6) is 0 Å². The molecule has 1 fully saturated rings. The highest BCUT2D eigenvalue weighted by molar-refractivity contribution is 5.98. The molecule has 10 heteroatoms. The van der Waals surface area contributed by atoms with E-state index >= 15 is 0 Å². The van der Waals surface area contributed by atoms with Crippen molar-refractivity contribution in [2.24, 2.45) is 11.7 Å². The molecule has 5 rings (SSSR count). The molecule has 2 atom stereocenters. The molecule has 3 amide bonds. The Bertz CT molecular complexity index is 1570. The zero-order chi connectivity index (χ0) is 34.2. The predicted molar refractivity (Wildman–Crippen MR) is 184 cm³/mol. The average molecular weight is 655 g/mol. The zero-order valence-corrected chi connectivity index (χ0v) is 27.9. The summed E-state index contributed by atoms with van der Waals surface area (Å²) in [5.74, 6) is -1.59. The molecule has 48 heavy (non-hydrogen) atoms. The van der Waals surface area contributed by atoms with Gasteiger partial charge in [0.25, 0.3) is 0 Å². The fraction of sp³-hybridized carbons (Fsp3) is 0.421. The first-order chi connectivity index (χ1) is 23.1. The van der Waals surface area contributed by atoms with Crippen LogP contribution >= 0.6 is 0 Å². The molecule has 2 aliphatic rings. The van der Waals surface area contributed by atoms with Crippen molar-refractivity contribution < 1.29 is 28.7 Å². The van der Waals surface area contributed by atoms with Crippen molar-refractivity contribution in [3.63, 3.8) is 0 Å². The van der Waals surface area contributed by atoms with Gasteiger partial charge in [0.2, 0.25) is 11.8 Å². The molecule has 0 spiro atoms. The maximum Gasteiger partial charge on any atom is 0.407 e. The zero-order valence-electron chi connectivity index (χ0n) is 27.9. The van der Waals surface area contributed by atoms with Crippen LogP contribution in [0.2, 0.25) is 0 Å². The third-order valence-corrected chi connectivity index (χ3v) is 9.21. The van der Waals surface area contributed by atoms with E-state index in [1.807, 2.05) is 62.4 Å². The van der Waals surface area contributed by atoms with Gasteiger partial charge in [-0.05, 0) is 78.8 Å². The lowest BCUT2D eigenvalue weighted by atomic mass is 9.94. The Kier molecular flexibility index (Phi) is 11.5. The van der Waals surface area contributed by atoms with Crippen LogP contribution < -0.4 is 21.7 Å². The number of anilines is 1. The standard InChI is InChI=1S/C38H46N4O6/c1-23(2)35(42-38(46)47-22-32-30-13-7-5-11-28(30)29-12-6-8-14-31(29)32)37(45)40-24(3)36(44)41-33-15-9-4-10-25(33)16-21-34(43)48-27-19-17-26(39)18-20-27/h4-15,23-24,26-27,32,35H,16-22,39H2,1-3H3,(H,40,45)(H,41,44)(H,42,46)/t24-,26-,27-,35-/m0/s1. The van der Waals surface area contributed by atoms with Crippen molar-refractivity contribution >= 4 is 29.6 Å².